The summed E-state index contributed by atoms with van der Waals surface area (Å²) in [5.41, 5.74) is 3.94. The number of nitrogens with zero attached hydrogens (tertiary/aromatic N) is 2. The first kappa shape index (κ1) is 16.3. The van der Waals surface area contributed by atoms with E-state index in [9.17, 15) is 13.9 Å². The summed E-state index contributed by atoms with van der Waals surface area (Å²) in [6.07, 6.45) is 0. The van der Waals surface area contributed by atoms with Gasteiger partial charge in [-0.1, -0.05) is 0 Å². The largest absolute Gasteiger partial charge is 0.509 e. The van der Waals surface area contributed by atoms with Gasteiger partial charge in [0.2, 0.25) is 0 Å². The van der Waals surface area contributed by atoms with E-state index in [1.165, 1.54) is 11.0 Å². The van der Waals surface area contributed by atoms with Gasteiger partial charge in [-0.15, -0.1) is 0 Å². The van der Waals surface area contributed by atoms with Crippen molar-refractivity contribution in [3.05, 3.63) is 64.7 Å². The Kier molecular flexibility index (Phi) is 3.54. The molecule has 26 heavy (non-hydrogen) atoms. The van der Waals surface area contributed by atoms with Crippen LogP contribution in [-0.4, -0.2) is 27.5 Å². The van der Waals surface area contributed by atoms with E-state index in [4.69, 9.17) is 5.41 Å². The molecule has 0 radical (unpaired) electrons. The van der Waals surface area contributed by atoms with Crippen molar-refractivity contribution >= 4 is 28.1 Å². The van der Waals surface area contributed by atoms with Crippen LogP contribution in [0.3, 0.4) is 0 Å². The molecule has 4 rings (SSSR count). The molecule has 1 aliphatic heterocycles. The van der Waals surface area contributed by atoms with Crippen LogP contribution >= 0.6 is 0 Å². The lowest BCUT2D eigenvalue weighted by Gasteiger charge is -2.19. The van der Waals surface area contributed by atoms with E-state index in [0.717, 1.165) is 34.3 Å². The van der Waals surface area contributed by atoms with Crippen LogP contribution in [0.2, 0.25) is 0 Å². The molecule has 0 bridgehead atoms. The molecule has 0 aliphatic carbocycles. The third-order valence-corrected chi connectivity index (χ3v) is 4.64. The van der Waals surface area contributed by atoms with Gasteiger partial charge in [0.25, 0.3) is 0 Å². The molecule has 0 amide bonds. The maximum Gasteiger partial charge on any atom is 0.149 e. The summed E-state index contributed by atoms with van der Waals surface area (Å²) >= 11 is 0. The van der Waals surface area contributed by atoms with Crippen LogP contribution in [0.25, 0.3) is 16.6 Å². The number of rotatable bonds is 2. The van der Waals surface area contributed by atoms with Crippen molar-refractivity contribution in [2.45, 2.75) is 13.8 Å². The van der Waals surface area contributed by atoms with Gasteiger partial charge in [0.05, 0.1) is 28.8 Å². The molecule has 132 valence electrons. The van der Waals surface area contributed by atoms with Crippen molar-refractivity contribution in [3.8, 4) is 0 Å². The fraction of sp³-hybridized carbons (Fsp3) is 0.158. The summed E-state index contributed by atoms with van der Waals surface area (Å²) < 4.78 is 27.2. The zero-order valence-corrected chi connectivity index (χ0v) is 14.2. The summed E-state index contributed by atoms with van der Waals surface area (Å²) in [5, 5.41) is 18.7. The molecule has 3 N–H and O–H groups in total. The predicted octanol–water partition coefficient (Wildman–Crippen LogP) is 4.22. The Bertz CT molecular complexity index is 1060. The van der Waals surface area contributed by atoms with E-state index in [-0.39, 0.29) is 29.4 Å². The van der Waals surface area contributed by atoms with Crippen LogP contribution < -0.4 is 4.90 Å². The predicted molar refractivity (Wildman–Crippen MR) is 96.5 cm³/mol. The molecule has 2 heterocycles. The quantitative estimate of drug-likeness (QED) is 0.645. The van der Waals surface area contributed by atoms with Crippen molar-refractivity contribution in [2.75, 3.05) is 11.4 Å². The van der Waals surface area contributed by atoms with Crippen LogP contribution in [0.4, 0.5) is 14.5 Å². The Balaban J connectivity index is 1.75. The molecular formula is C19H16F2N4O. The van der Waals surface area contributed by atoms with Gasteiger partial charge >= 0.3 is 0 Å². The average molecular weight is 354 g/mol. The number of aromatic nitrogens is 2. The standard InChI is InChI=1S/C19H16F2N4O/c1-9-5-13-14(6-10(9)2)24-19(23-13)17-16(26)8-25(18(17)22)15-4-3-11(20)7-12(15)21/h3-7,22,26H,8H2,1-2H3,(H,23,24). The number of aliphatic hydroxyl groups excluding tert-OH is 1. The number of aryl methyl sites for hydroxylation is 2. The van der Waals surface area contributed by atoms with Crippen LogP contribution in [-0.2, 0) is 0 Å². The highest BCUT2D eigenvalue weighted by molar-refractivity contribution is 6.30. The Hall–Kier alpha value is -3.22. The minimum absolute atomic E-state index is 0.0285. The maximum atomic E-state index is 14.1. The van der Waals surface area contributed by atoms with Crippen molar-refractivity contribution in [3.63, 3.8) is 0 Å². The Morgan fingerprint density at radius 1 is 1.15 bits per heavy atom. The number of aromatic amines is 1. The highest BCUT2D eigenvalue weighted by Gasteiger charge is 2.32. The molecule has 0 fully saturated rings. The van der Waals surface area contributed by atoms with Crippen LogP contribution in [0.1, 0.15) is 17.0 Å². The summed E-state index contributed by atoms with van der Waals surface area (Å²) in [6, 6.07) is 7.01. The van der Waals surface area contributed by atoms with Gasteiger partial charge in [-0.25, -0.2) is 13.8 Å². The average Bonchev–Trinajstić information content (AvgIpc) is 3.08. The number of anilines is 1. The molecule has 5 nitrogen and oxygen atoms in total. The lowest BCUT2D eigenvalue weighted by atomic mass is 10.1. The zero-order chi connectivity index (χ0) is 18.6. The summed E-state index contributed by atoms with van der Waals surface area (Å²) in [6.45, 7) is 3.89. The van der Waals surface area contributed by atoms with E-state index < -0.39 is 11.6 Å². The molecule has 2 aromatic carbocycles. The van der Waals surface area contributed by atoms with E-state index in [1.807, 2.05) is 26.0 Å². The topological polar surface area (TPSA) is 76.0 Å². The molecule has 0 atom stereocenters. The second-order valence-corrected chi connectivity index (χ2v) is 6.39. The lowest BCUT2D eigenvalue weighted by molar-refractivity contribution is 0.411. The molecular weight excluding hydrogens is 338 g/mol. The van der Waals surface area contributed by atoms with Crippen molar-refractivity contribution in [1.82, 2.24) is 9.97 Å². The second kappa shape index (κ2) is 5.66. The Morgan fingerprint density at radius 3 is 2.62 bits per heavy atom. The highest BCUT2D eigenvalue weighted by Crippen LogP contribution is 2.32. The summed E-state index contributed by atoms with van der Waals surface area (Å²) in [5.74, 6) is -1.33. The number of aliphatic hydroxyl groups is 1. The maximum absolute atomic E-state index is 14.1. The number of halogens is 2. The SMILES string of the molecule is Cc1cc2nc(C3=C(O)CN(c4ccc(F)cc4F)C3=N)[nH]c2cc1C. The lowest BCUT2D eigenvalue weighted by Crippen LogP contribution is -2.27. The first-order valence-corrected chi connectivity index (χ1v) is 8.06. The first-order chi connectivity index (χ1) is 12.3. The Morgan fingerprint density at radius 2 is 1.88 bits per heavy atom. The smallest absolute Gasteiger partial charge is 0.149 e. The molecule has 0 saturated carbocycles. The van der Waals surface area contributed by atoms with Gasteiger partial charge in [-0.05, 0) is 49.2 Å². The van der Waals surface area contributed by atoms with Crippen molar-refractivity contribution in [1.29, 1.82) is 5.41 Å². The zero-order valence-electron chi connectivity index (χ0n) is 14.2. The van der Waals surface area contributed by atoms with Crippen LogP contribution in [0.5, 0.6) is 0 Å². The van der Waals surface area contributed by atoms with E-state index in [0.29, 0.717) is 5.82 Å². The monoisotopic (exact) mass is 354 g/mol. The summed E-state index contributed by atoms with van der Waals surface area (Å²) in [4.78, 5) is 8.86. The van der Waals surface area contributed by atoms with Crippen LogP contribution in [0, 0.1) is 30.9 Å². The third kappa shape index (κ3) is 2.44. The van der Waals surface area contributed by atoms with Gasteiger partial charge in [0.15, 0.2) is 0 Å². The molecule has 0 unspecified atom stereocenters. The normalized spacial score (nSPS) is 14.8. The highest BCUT2D eigenvalue weighted by atomic mass is 19.1. The van der Waals surface area contributed by atoms with E-state index >= 15 is 0 Å². The summed E-state index contributed by atoms with van der Waals surface area (Å²) in [7, 11) is 0. The molecule has 1 aromatic heterocycles. The Labute approximate surface area is 148 Å². The minimum atomic E-state index is -0.792. The first-order valence-electron chi connectivity index (χ1n) is 8.06. The van der Waals surface area contributed by atoms with Crippen molar-refractivity contribution in [2.24, 2.45) is 0 Å². The fourth-order valence-electron chi connectivity index (χ4n) is 3.12. The number of imidazole rings is 1. The number of amidine groups is 1. The van der Waals surface area contributed by atoms with E-state index in [2.05, 4.69) is 9.97 Å². The molecule has 0 spiro atoms. The molecule has 3 aromatic rings. The number of H-pyrrole nitrogens is 1. The number of nitrogens with one attached hydrogen (secondary N) is 2. The number of hydrogen-bond acceptors (Lipinski definition) is 3. The van der Waals surface area contributed by atoms with Crippen LogP contribution in [0.15, 0.2) is 36.1 Å². The van der Waals surface area contributed by atoms with Crippen molar-refractivity contribution < 1.29 is 13.9 Å². The number of fused-ring (bicyclic) bond motifs is 1. The third-order valence-electron chi connectivity index (χ3n) is 4.64. The molecule has 0 saturated heterocycles. The number of hydrogen-bond donors (Lipinski definition) is 3. The van der Waals surface area contributed by atoms with Gasteiger partial charge in [-0.3, -0.25) is 5.41 Å². The molecule has 1 aliphatic rings. The minimum Gasteiger partial charge on any atom is -0.509 e. The fourth-order valence-corrected chi connectivity index (χ4v) is 3.12. The van der Waals surface area contributed by atoms with Gasteiger partial charge < -0.3 is 15.0 Å². The van der Waals surface area contributed by atoms with E-state index in [1.54, 1.807) is 0 Å². The second-order valence-electron chi connectivity index (χ2n) is 6.39. The number of benzene rings is 2. The van der Waals surface area contributed by atoms with Gasteiger partial charge in [-0.2, -0.15) is 0 Å². The van der Waals surface area contributed by atoms with Gasteiger partial charge in [0.1, 0.15) is 29.1 Å². The molecule has 7 heteroatoms. The van der Waals surface area contributed by atoms with Gasteiger partial charge in [0, 0.05) is 6.07 Å².